The van der Waals surface area contributed by atoms with Gasteiger partial charge in [0.2, 0.25) is 10.0 Å². The van der Waals surface area contributed by atoms with E-state index in [-0.39, 0.29) is 23.5 Å². The predicted octanol–water partition coefficient (Wildman–Crippen LogP) is 2.39. The molecule has 0 amide bonds. The molecule has 20 heavy (non-hydrogen) atoms. The Bertz CT molecular complexity index is 547. The van der Waals surface area contributed by atoms with Crippen molar-refractivity contribution in [2.45, 2.75) is 38.6 Å². The van der Waals surface area contributed by atoms with Crippen LogP contribution in [0.4, 0.5) is 4.39 Å². The van der Waals surface area contributed by atoms with Crippen LogP contribution in [0, 0.1) is 25.6 Å². The van der Waals surface area contributed by atoms with E-state index in [9.17, 15) is 12.8 Å². The van der Waals surface area contributed by atoms with Crippen LogP contribution < -0.4 is 4.72 Å². The maximum absolute atomic E-state index is 13.3. The van der Waals surface area contributed by atoms with Gasteiger partial charge in [0.1, 0.15) is 5.82 Å². The lowest BCUT2D eigenvalue weighted by Crippen LogP contribution is -2.42. The molecule has 6 heteroatoms. The number of nitrogens with one attached hydrogen (secondary N) is 1. The fourth-order valence-corrected chi connectivity index (χ4v) is 3.94. The molecular formula is C14H22FNO3S. The van der Waals surface area contributed by atoms with Gasteiger partial charge in [-0.1, -0.05) is 13.8 Å². The molecule has 0 aliphatic heterocycles. The summed E-state index contributed by atoms with van der Waals surface area (Å²) in [5.74, 6) is -0.345. The van der Waals surface area contributed by atoms with Crippen molar-refractivity contribution in [3.05, 3.63) is 29.1 Å². The van der Waals surface area contributed by atoms with Gasteiger partial charge in [0.25, 0.3) is 0 Å². The SMILES string of the molecule is COCC(NS(=O)(=O)c1c(C)cc(F)cc1C)C(C)C. The Labute approximate surface area is 120 Å². The quantitative estimate of drug-likeness (QED) is 0.878. The van der Waals surface area contributed by atoms with E-state index in [1.54, 1.807) is 13.8 Å². The molecule has 0 radical (unpaired) electrons. The largest absolute Gasteiger partial charge is 0.383 e. The van der Waals surface area contributed by atoms with Gasteiger partial charge in [-0.25, -0.2) is 17.5 Å². The topological polar surface area (TPSA) is 55.4 Å². The lowest BCUT2D eigenvalue weighted by molar-refractivity contribution is 0.157. The van der Waals surface area contributed by atoms with E-state index < -0.39 is 15.8 Å². The molecule has 0 fully saturated rings. The van der Waals surface area contributed by atoms with Gasteiger partial charge < -0.3 is 4.74 Å². The molecule has 1 aromatic rings. The zero-order chi connectivity index (χ0) is 15.5. The van der Waals surface area contributed by atoms with Crippen molar-refractivity contribution in [3.8, 4) is 0 Å². The lowest BCUT2D eigenvalue weighted by Gasteiger charge is -2.22. The molecule has 0 aliphatic rings. The minimum Gasteiger partial charge on any atom is -0.383 e. The summed E-state index contributed by atoms with van der Waals surface area (Å²) in [6.45, 7) is 7.29. The molecule has 0 aromatic heterocycles. The minimum absolute atomic E-state index is 0.0887. The van der Waals surface area contributed by atoms with Gasteiger partial charge >= 0.3 is 0 Å². The molecule has 114 valence electrons. The highest BCUT2D eigenvalue weighted by molar-refractivity contribution is 7.89. The number of sulfonamides is 1. The smallest absolute Gasteiger partial charge is 0.241 e. The Hall–Kier alpha value is -0.980. The van der Waals surface area contributed by atoms with E-state index in [2.05, 4.69) is 4.72 Å². The number of ether oxygens (including phenoxy) is 1. The van der Waals surface area contributed by atoms with Crippen molar-refractivity contribution < 1.29 is 17.5 Å². The number of methoxy groups -OCH3 is 1. The Kier molecular flexibility index (Phi) is 5.68. The van der Waals surface area contributed by atoms with Crippen molar-refractivity contribution in [2.75, 3.05) is 13.7 Å². The summed E-state index contributed by atoms with van der Waals surface area (Å²) in [5, 5.41) is 0. The molecule has 0 spiro atoms. The van der Waals surface area contributed by atoms with E-state index in [1.165, 1.54) is 19.2 Å². The maximum Gasteiger partial charge on any atom is 0.241 e. The monoisotopic (exact) mass is 303 g/mol. The Morgan fingerprint density at radius 1 is 1.25 bits per heavy atom. The van der Waals surface area contributed by atoms with Crippen LogP contribution in [-0.2, 0) is 14.8 Å². The van der Waals surface area contributed by atoms with Crippen molar-refractivity contribution in [2.24, 2.45) is 5.92 Å². The summed E-state index contributed by atoms with van der Waals surface area (Å²) >= 11 is 0. The van der Waals surface area contributed by atoms with Crippen molar-refractivity contribution in [1.29, 1.82) is 0 Å². The third-order valence-corrected chi connectivity index (χ3v) is 4.95. The van der Waals surface area contributed by atoms with Crippen LogP contribution in [0.1, 0.15) is 25.0 Å². The molecule has 1 N–H and O–H groups in total. The van der Waals surface area contributed by atoms with Gasteiger partial charge in [-0.3, -0.25) is 0 Å². The maximum atomic E-state index is 13.3. The molecule has 0 bridgehead atoms. The van der Waals surface area contributed by atoms with Crippen LogP contribution in [0.2, 0.25) is 0 Å². The molecule has 0 saturated heterocycles. The third-order valence-electron chi connectivity index (χ3n) is 3.15. The first-order valence-corrected chi connectivity index (χ1v) is 7.95. The minimum atomic E-state index is -3.70. The van der Waals surface area contributed by atoms with Crippen LogP contribution in [0.25, 0.3) is 0 Å². The van der Waals surface area contributed by atoms with Gasteiger partial charge in [-0.2, -0.15) is 0 Å². The number of hydrogen-bond donors (Lipinski definition) is 1. The highest BCUT2D eigenvalue weighted by Crippen LogP contribution is 2.22. The molecule has 1 aromatic carbocycles. The molecular weight excluding hydrogens is 281 g/mol. The van der Waals surface area contributed by atoms with Gasteiger partial charge in [-0.15, -0.1) is 0 Å². The van der Waals surface area contributed by atoms with Crippen LogP contribution in [0.15, 0.2) is 17.0 Å². The Morgan fingerprint density at radius 2 is 1.75 bits per heavy atom. The normalized spacial score (nSPS) is 13.8. The summed E-state index contributed by atoms with van der Waals surface area (Å²) in [7, 11) is -2.18. The fourth-order valence-electron chi connectivity index (χ4n) is 2.12. The number of halogens is 1. The molecule has 4 nitrogen and oxygen atoms in total. The number of benzene rings is 1. The van der Waals surface area contributed by atoms with E-state index >= 15 is 0 Å². The van der Waals surface area contributed by atoms with Crippen molar-refractivity contribution >= 4 is 10.0 Å². The summed E-state index contributed by atoms with van der Waals surface area (Å²) in [4.78, 5) is 0.139. The summed E-state index contributed by atoms with van der Waals surface area (Å²) in [6.07, 6.45) is 0. The van der Waals surface area contributed by atoms with Crippen molar-refractivity contribution in [1.82, 2.24) is 4.72 Å². The average molecular weight is 303 g/mol. The molecule has 0 saturated carbocycles. The summed E-state index contributed by atoms with van der Waals surface area (Å²) in [6, 6.07) is 2.12. The fraction of sp³-hybridized carbons (Fsp3) is 0.571. The second kappa shape index (κ2) is 6.65. The molecule has 1 atom stereocenters. The van der Waals surface area contributed by atoms with Crippen LogP contribution in [0.3, 0.4) is 0 Å². The first kappa shape index (κ1) is 17.1. The van der Waals surface area contributed by atoms with Crippen molar-refractivity contribution in [3.63, 3.8) is 0 Å². The number of rotatable bonds is 6. The standard InChI is InChI=1S/C14H22FNO3S/c1-9(2)13(8-19-5)16-20(17,18)14-10(3)6-12(15)7-11(14)4/h6-7,9,13,16H,8H2,1-5H3. The number of aryl methyl sites for hydroxylation is 2. The van der Waals surface area contributed by atoms with E-state index in [0.717, 1.165) is 0 Å². The van der Waals surface area contributed by atoms with Gasteiger partial charge in [0.05, 0.1) is 11.5 Å². The summed E-state index contributed by atoms with van der Waals surface area (Å²) < 4.78 is 45.9. The van der Waals surface area contributed by atoms with Crippen LogP contribution in [-0.4, -0.2) is 28.2 Å². The highest BCUT2D eigenvalue weighted by Gasteiger charge is 2.25. The van der Waals surface area contributed by atoms with Gasteiger partial charge in [-0.05, 0) is 43.0 Å². The van der Waals surface area contributed by atoms with Crippen LogP contribution in [0.5, 0.6) is 0 Å². The zero-order valence-electron chi connectivity index (χ0n) is 12.5. The Morgan fingerprint density at radius 3 is 2.15 bits per heavy atom. The molecule has 0 heterocycles. The predicted molar refractivity (Wildman–Crippen MR) is 76.7 cm³/mol. The molecule has 1 unspecified atom stereocenters. The second-order valence-electron chi connectivity index (χ2n) is 5.30. The number of hydrogen-bond acceptors (Lipinski definition) is 3. The highest BCUT2D eigenvalue weighted by atomic mass is 32.2. The molecule has 0 aliphatic carbocycles. The van der Waals surface area contributed by atoms with E-state index in [0.29, 0.717) is 11.1 Å². The summed E-state index contributed by atoms with van der Waals surface area (Å²) in [5.41, 5.74) is 0.796. The first-order chi connectivity index (χ1) is 9.19. The zero-order valence-corrected chi connectivity index (χ0v) is 13.3. The second-order valence-corrected chi connectivity index (χ2v) is 6.95. The van der Waals surface area contributed by atoms with E-state index in [1.807, 2.05) is 13.8 Å². The average Bonchev–Trinajstić information content (AvgIpc) is 2.25. The molecule has 1 rings (SSSR count). The van der Waals surface area contributed by atoms with E-state index in [4.69, 9.17) is 4.74 Å². The lowest BCUT2D eigenvalue weighted by atomic mass is 10.1. The van der Waals surface area contributed by atoms with Gasteiger partial charge in [0.15, 0.2) is 0 Å². The Balaban J connectivity index is 3.17. The third kappa shape index (κ3) is 4.01. The van der Waals surface area contributed by atoms with Gasteiger partial charge in [0, 0.05) is 13.2 Å². The van der Waals surface area contributed by atoms with Crippen LogP contribution >= 0.6 is 0 Å². The first-order valence-electron chi connectivity index (χ1n) is 6.47.